The highest BCUT2D eigenvalue weighted by molar-refractivity contribution is 5.97. The molecule has 11 nitrogen and oxygen atoms in total. The number of piperidine rings is 1. The summed E-state index contributed by atoms with van der Waals surface area (Å²) in [6, 6.07) is 5.91. The zero-order chi connectivity index (χ0) is 33.4. The van der Waals surface area contributed by atoms with Gasteiger partial charge in [0.2, 0.25) is 5.91 Å². The van der Waals surface area contributed by atoms with Crippen LogP contribution < -0.4 is 21.4 Å². The molecule has 2 unspecified atom stereocenters. The van der Waals surface area contributed by atoms with Gasteiger partial charge in [-0.15, -0.1) is 0 Å². The number of hydroxylamine groups is 1. The summed E-state index contributed by atoms with van der Waals surface area (Å²) in [4.78, 5) is 32.1. The first-order valence-corrected chi connectivity index (χ1v) is 16.9. The van der Waals surface area contributed by atoms with Gasteiger partial charge in [-0.25, -0.2) is 23.8 Å². The summed E-state index contributed by atoms with van der Waals surface area (Å²) in [6.07, 6.45) is 10.9. The Morgan fingerprint density at radius 1 is 1.10 bits per heavy atom. The largest absolute Gasteiger partial charge is 0.366 e. The Bertz CT molecular complexity index is 1590. The molecule has 1 amide bonds. The molecule has 1 aromatic carbocycles. The van der Waals surface area contributed by atoms with Crippen molar-refractivity contribution in [3.05, 3.63) is 83.4 Å². The number of anilines is 2. The minimum Gasteiger partial charge on any atom is -0.366 e. The van der Waals surface area contributed by atoms with Crippen molar-refractivity contribution in [1.29, 1.82) is 0 Å². The number of carbonyl (C=O) groups excluding carboxylic acids is 1. The van der Waals surface area contributed by atoms with Gasteiger partial charge in [0, 0.05) is 82.5 Å². The third-order valence-electron chi connectivity index (χ3n) is 10.6. The highest BCUT2D eigenvalue weighted by atomic mass is 19.1. The molecule has 4 heterocycles. The predicted molar refractivity (Wildman–Crippen MR) is 177 cm³/mol. The lowest BCUT2D eigenvalue weighted by Gasteiger charge is -2.51. The van der Waals surface area contributed by atoms with Gasteiger partial charge in [-0.3, -0.25) is 19.4 Å². The topological polar surface area (TPSA) is 121 Å². The van der Waals surface area contributed by atoms with E-state index in [1.165, 1.54) is 31.3 Å². The van der Waals surface area contributed by atoms with Crippen LogP contribution in [0.25, 0.3) is 0 Å². The van der Waals surface area contributed by atoms with Gasteiger partial charge >= 0.3 is 0 Å². The molecule has 0 radical (unpaired) electrons. The Kier molecular flexibility index (Phi) is 9.31. The number of amides is 1. The molecule has 3 saturated heterocycles. The van der Waals surface area contributed by atoms with Crippen LogP contribution in [0.2, 0.25) is 0 Å². The number of aromatic nitrogens is 2. The number of likely N-dealkylation sites (tertiary alicyclic amines) is 1. The number of nitrogens with one attached hydrogen (secondary N) is 2. The number of rotatable bonds is 10. The average Bonchev–Trinajstić information content (AvgIpc) is 3.83. The molecular weight excluding hydrogens is 618 g/mol. The van der Waals surface area contributed by atoms with Gasteiger partial charge in [-0.05, 0) is 60.9 Å². The summed E-state index contributed by atoms with van der Waals surface area (Å²) in [5.41, 5.74) is 6.75. The van der Waals surface area contributed by atoms with Gasteiger partial charge in [0.05, 0.1) is 18.3 Å². The van der Waals surface area contributed by atoms with Crippen molar-refractivity contribution < 1.29 is 23.1 Å². The molecule has 1 aromatic heterocycles. The molecule has 13 heteroatoms. The highest BCUT2D eigenvalue weighted by Crippen LogP contribution is 2.42. The molecule has 2 aromatic rings. The van der Waals surface area contributed by atoms with E-state index in [1.54, 1.807) is 18.2 Å². The van der Waals surface area contributed by atoms with E-state index in [0.717, 1.165) is 57.5 Å². The standard InChI is InChI=1S/C35H44F2N8O3/c1-22(34(38)46)24-5-9-35(47-2,43-11-6-28(7-12-43)44-13-10-39-20-30(44)23-3-4-23)31(17-24)42-32-19-33(41-21-40-32)45-29(8-14-48-45)25-15-26(36)18-27(37)16-25/h5,15-19,21,23,28-30,39H,1,3-4,6-14,20H2,2H3,(H2,38,46)(H,40,41,42)/t29-,30?,35?/m1/s1. The van der Waals surface area contributed by atoms with E-state index in [9.17, 15) is 13.6 Å². The first-order valence-electron chi connectivity index (χ1n) is 16.9. The number of piperazine rings is 1. The molecule has 0 spiro atoms. The van der Waals surface area contributed by atoms with Crippen LogP contribution in [0.5, 0.6) is 0 Å². The number of hydrogen-bond donors (Lipinski definition) is 3. The van der Waals surface area contributed by atoms with E-state index in [2.05, 4.69) is 37.0 Å². The third-order valence-corrected chi connectivity index (χ3v) is 10.6. The van der Waals surface area contributed by atoms with Gasteiger partial charge in [0.15, 0.2) is 11.5 Å². The number of ether oxygens (including phenoxy) is 1. The minimum atomic E-state index is -0.859. The van der Waals surface area contributed by atoms with Gasteiger partial charge in [-0.2, -0.15) is 0 Å². The molecular formula is C35H44F2N8O3. The Hall–Kier alpha value is -3.75. The number of allylic oxidation sites excluding steroid dienone is 1. The van der Waals surface area contributed by atoms with E-state index in [4.69, 9.17) is 15.3 Å². The maximum atomic E-state index is 14.1. The van der Waals surface area contributed by atoms with Crippen molar-refractivity contribution in [3.8, 4) is 0 Å². The second kappa shape index (κ2) is 13.6. The van der Waals surface area contributed by atoms with Crippen LogP contribution in [0.4, 0.5) is 20.4 Å². The van der Waals surface area contributed by atoms with Crippen LogP contribution in [-0.2, 0) is 14.4 Å². The lowest BCUT2D eigenvalue weighted by atomic mass is 9.88. The number of hydrogen-bond acceptors (Lipinski definition) is 10. The molecule has 1 saturated carbocycles. The van der Waals surface area contributed by atoms with E-state index in [-0.39, 0.29) is 5.57 Å². The number of primary amides is 1. The minimum absolute atomic E-state index is 0.210. The predicted octanol–water partition coefficient (Wildman–Crippen LogP) is 3.80. The summed E-state index contributed by atoms with van der Waals surface area (Å²) in [7, 11) is 1.70. The Morgan fingerprint density at radius 3 is 2.58 bits per heavy atom. The second-order valence-electron chi connectivity index (χ2n) is 13.4. The second-order valence-corrected chi connectivity index (χ2v) is 13.4. The Balaban J connectivity index is 1.14. The van der Waals surface area contributed by atoms with Gasteiger partial charge in [0.25, 0.3) is 0 Å². The third kappa shape index (κ3) is 6.49. The SMILES string of the molecule is C=C(C(N)=O)C1=CCC(OC)(N2CCC(N3CCNCC3C3CC3)CC2)C(Nc2cc(N3OCC[C@@H]3c3cc(F)cc(F)c3)ncn2)=C1. The van der Waals surface area contributed by atoms with Gasteiger partial charge < -0.3 is 21.1 Å². The summed E-state index contributed by atoms with van der Waals surface area (Å²) >= 11 is 0. The fourth-order valence-corrected chi connectivity index (χ4v) is 7.90. The van der Waals surface area contributed by atoms with Crippen LogP contribution in [0.15, 0.2) is 66.2 Å². The van der Waals surface area contributed by atoms with Crippen LogP contribution in [0, 0.1) is 17.6 Å². The molecule has 0 bridgehead atoms. The van der Waals surface area contributed by atoms with Crippen LogP contribution in [0.3, 0.4) is 0 Å². The molecule has 7 rings (SSSR count). The van der Waals surface area contributed by atoms with Crippen molar-refractivity contribution >= 4 is 17.5 Å². The summed E-state index contributed by atoms with van der Waals surface area (Å²) in [5.74, 6) is -0.195. The number of benzene rings is 1. The maximum absolute atomic E-state index is 14.1. The fraction of sp³-hybridized carbons (Fsp3) is 0.514. The van der Waals surface area contributed by atoms with Crippen molar-refractivity contribution in [2.24, 2.45) is 11.7 Å². The number of halogens is 2. The monoisotopic (exact) mass is 662 g/mol. The van der Waals surface area contributed by atoms with Gasteiger partial charge in [0.1, 0.15) is 23.8 Å². The van der Waals surface area contributed by atoms with E-state index in [0.29, 0.717) is 60.0 Å². The normalized spacial score (nSPS) is 27.4. The summed E-state index contributed by atoms with van der Waals surface area (Å²) in [5, 5.41) is 8.64. The van der Waals surface area contributed by atoms with E-state index < -0.39 is 29.3 Å². The first-order chi connectivity index (χ1) is 23.3. The Morgan fingerprint density at radius 2 is 1.88 bits per heavy atom. The maximum Gasteiger partial charge on any atom is 0.248 e. The van der Waals surface area contributed by atoms with Crippen LogP contribution >= 0.6 is 0 Å². The van der Waals surface area contributed by atoms with Crippen LogP contribution in [-0.4, -0.2) is 89.9 Å². The number of methoxy groups -OCH3 is 1. The van der Waals surface area contributed by atoms with Crippen molar-refractivity contribution in [1.82, 2.24) is 25.1 Å². The fourth-order valence-electron chi connectivity index (χ4n) is 7.90. The lowest BCUT2D eigenvalue weighted by Crippen LogP contribution is -2.61. The molecule has 256 valence electrons. The highest BCUT2D eigenvalue weighted by Gasteiger charge is 2.46. The number of nitrogens with zero attached hydrogens (tertiary/aromatic N) is 5. The average molecular weight is 663 g/mol. The molecule has 5 aliphatic rings. The molecule has 48 heavy (non-hydrogen) atoms. The smallest absolute Gasteiger partial charge is 0.248 e. The van der Waals surface area contributed by atoms with Crippen molar-refractivity contribution in [2.45, 2.75) is 62.4 Å². The number of nitrogens with two attached hydrogens (primary N) is 1. The summed E-state index contributed by atoms with van der Waals surface area (Å²) < 4.78 is 34.6. The Labute approximate surface area is 279 Å². The lowest BCUT2D eigenvalue weighted by molar-refractivity contribution is -0.121. The zero-order valence-corrected chi connectivity index (χ0v) is 27.3. The summed E-state index contributed by atoms with van der Waals surface area (Å²) in [6.45, 7) is 9.15. The first kappa shape index (κ1) is 32.8. The molecule has 3 aliphatic heterocycles. The van der Waals surface area contributed by atoms with Gasteiger partial charge in [-0.1, -0.05) is 12.7 Å². The van der Waals surface area contributed by atoms with Crippen LogP contribution in [0.1, 0.15) is 50.1 Å². The molecule has 4 N–H and O–H groups in total. The van der Waals surface area contributed by atoms with E-state index in [1.807, 2.05) is 12.2 Å². The zero-order valence-electron chi connectivity index (χ0n) is 27.3. The van der Waals surface area contributed by atoms with E-state index >= 15 is 0 Å². The molecule has 4 fully saturated rings. The van der Waals surface area contributed by atoms with Crippen molar-refractivity contribution in [3.63, 3.8) is 0 Å². The number of carbonyl (C=O) groups is 1. The molecule has 3 atom stereocenters. The van der Waals surface area contributed by atoms with Crippen molar-refractivity contribution in [2.75, 3.05) is 56.8 Å². The quantitative estimate of drug-likeness (QED) is 0.324. The molecule has 2 aliphatic carbocycles.